The maximum atomic E-state index is 13.3. The van der Waals surface area contributed by atoms with Crippen LogP contribution in [0.5, 0.6) is 11.5 Å². The lowest BCUT2D eigenvalue weighted by Gasteiger charge is -2.11. The van der Waals surface area contributed by atoms with Gasteiger partial charge in [-0.3, -0.25) is 0 Å². The predicted octanol–water partition coefficient (Wildman–Crippen LogP) is 4.76. The first-order valence-corrected chi connectivity index (χ1v) is 10.7. The highest BCUT2D eigenvalue weighted by molar-refractivity contribution is 5.94. The van der Waals surface area contributed by atoms with Gasteiger partial charge < -0.3 is 14.0 Å². The van der Waals surface area contributed by atoms with Crippen LogP contribution in [-0.2, 0) is 13.0 Å². The van der Waals surface area contributed by atoms with Crippen molar-refractivity contribution in [1.82, 2.24) is 24.1 Å². The second-order valence-electron chi connectivity index (χ2n) is 7.96. The largest absolute Gasteiger partial charge is 0.493 e. The Bertz CT molecular complexity index is 1470. The molecule has 0 unspecified atom stereocenters. The average Bonchev–Trinajstić information content (AvgIpc) is 3.37. The minimum absolute atomic E-state index is 0.287. The highest BCUT2D eigenvalue weighted by Crippen LogP contribution is 2.30. The molecule has 33 heavy (non-hydrogen) atoms. The molecule has 0 atom stereocenters. The maximum absolute atomic E-state index is 13.3. The van der Waals surface area contributed by atoms with Crippen LogP contribution in [0.4, 0.5) is 4.39 Å². The normalized spacial score (nSPS) is 11.4. The van der Waals surface area contributed by atoms with Crippen molar-refractivity contribution in [3.05, 3.63) is 71.4 Å². The molecule has 3 heterocycles. The number of halogens is 1. The van der Waals surface area contributed by atoms with Gasteiger partial charge in [0.15, 0.2) is 23.0 Å². The number of rotatable bonds is 6. The fraction of sp³-hybridized carbons (Fsp3) is 0.240. The summed E-state index contributed by atoms with van der Waals surface area (Å²) in [6.45, 7) is 4.94. The quantitative estimate of drug-likeness (QED) is 0.377. The molecule has 2 aromatic carbocycles. The molecule has 8 heteroatoms. The number of aromatic nitrogens is 5. The first-order valence-electron chi connectivity index (χ1n) is 10.7. The van der Waals surface area contributed by atoms with Crippen molar-refractivity contribution in [1.29, 1.82) is 0 Å². The van der Waals surface area contributed by atoms with Gasteiger partial charge in [-0.15, -0.1) is 5.10 Å². The van der Waals surface area contributed by atoms with Crippen molar-refractivity contribution < 1.29 is 13.9 Å². The Morgan fingerprint density at radius 3 is 2.42 bits per heavy atom. The Morgan fingerprint density at radius 2 is 1.70 bits per heavy atom. The molecule has 0 saturated carbocycles. The first kappa shape index (κ1) is 20.9. The summed E-state index contributed by atoms with van der Waals surface area (Å²) in [6, 6.07) is 12.2. The standard InChI is InChI=1S/C25H24FN5O2/c1-15-16(2)30(12-11-17-5-10-20(32-3)21(13-17)33-4)24-22(15)25-28-23(29-31(25)14-27-24)18-6-8-19(26)9-7-18/h5-10,13-14H,11-12H2,1-4H3. The van der Waals surface area contributed by atoms with Crippen molar-refractivity contribution in [2.75, 3.05) is 14.2 Å². The highest BCUT2D eigenvalue weighted by Gasteiger charge is 2.18. The monoisotopic (exact) mass is 445 g/mol. The molecule has 0 spiro atoms. The Kier molecular flexibility index (Phi) is 5.20. The number of benzene rings is 2. The summed E-state index contributed by atoms with van der Waals surface area (Å²) in [5.74, 6) is 1.69. The van der Waals surface area contributed by atoms with E-state index in [2.05, 4.69) is 23.5 Å². The van der Waals surface area contributed by atoms with E-state index in [4.69, 9.17) is 19.4 Å². The van der Waals surface area contributed by atoms with Crippen LogP contribution < -0.4 is 9.47 Å². The Hall–Kier alpha value is -3.94. The summed E-state index contributed by atoms with van der Waals surface area (Å²) in [4.78, 5) is 9.47. The van der Waals surface area contributed by atoms with E-state index >= 15 is 0 Å². The minimum Gasteiger partial charge on any atom is -0.493 e. The van der Waals surface area contributed by atoms with Crippen LogP contribution in [0.25, 0.3) is 28.1 Å². The van der Waals surface area contributed by atoms with Crippen molar-refractivity contribution in [3.8, 4) is 22.9 Å². The Labute approximate surface area is 190 Å². The van der Waals surface area contributed by atoms with Gasteiger partial charge in [-0.05, 0) is 67.8 Å². The highest BCUT2D eigenvalue weighted by atomic mass is 19.1. The maximum Gasteiger partial charge on any atom is 0.182 e. The van der Waals surface area contributed by atoms with E-state index in [1.807, 2.05) is 18.2 Å². The van der Waals surface area contributed by atoms with Gasteiger partial charge in [0, 0.05) is 17.8 Å². The van der Waals surface area contributed by atoms with Gasteiger partial charge in [0.2, 0.25) is 0 Å². The van der Waals surface area contributed by atoms with Crippen LogP contribution in [0.15, 0.2) is 48.8 Å². The Balaban J connectivity index is 1.53. The van der Waals surface area contributed by atoms with Gasteiger partial charge in [-0.1, -0.05) is 6.07 Å². The predicted molar refractivity (Wildman–Crippen MR) is 124 cm³/mol. The van der Waals surface area contributed by atoms with Crippen LogP contribution in [0.1, 0.15) is 16.8 Å². The minimum atomic E-state index is -0.287. The number of hydrogen-bond donors (Lipinski definition) is 0. The molecule has 0 aliphatic rings. The number of fused-ring (bicyclic) bond motifs is 3. The van der Waals surface area contributed by atoms with Crippen LogP contribution in [0.3, 0.4) is 0 Å². The van der Waals surface area contributed by atoms with Crippen LogP contribution >= 0.6 is 0 Å². The molecular formula is C25H24FN5O2. The second kappa shape index (κ2) is 8.20. The fourth-order valence-corrected chi connectivity index (χ4v) is 4.20. The number of methoxy groups -OCH3 is 2. The van der Waals surface area contributed by atoms with Crippen molar-refractivity contribution in [2.45, 2.75) is 26.8 Å². The number of aryl methyl sites for hydroxylation is 3. The second-order valence-corrected chi connectivity index (χ2v) is 7.96. The smallest absolute Gasteiger partial charge is 0.182 e. The third kappa shape index (κ3) is 3.57. The lowest BCUT2D eigenvalue weighted by molar-refractivity contribution is 0.354. The summed E-state index contributed by atoms with van der Waals surface area (Å²) in [5, 5.41) is 5.53. The topological polar surface area (TPSA) is 66.5 Å². The first-order chi connectivity index (χ1) is 16.0. The van der Waals surface area contributed by atoms with E-state index < -0.39 is 0 Å². The molecule has 0 radical (unpaired) electrons. The van der Waals surface area contributed by atoms with E-state index in [9.17, 15) is 4.39 Å². The molecule has 0 saturated heterocycles. The average molecular weight is 445 g/mol. The number of ether oxygens (including phenoxy) is 2. The lowest BCUT2D eigenvalue weighted by atomic mass is 10.1. The van der Waals surface area contributed by atoms with E-state index in [0.29, 0.717) is 11.6 Å². The lowest BCUT2D eigenvalue weighted by Crippen LogP contribution is -2.05. The van der Waals surface area contributed by atoms with Gasteiger partial charge in [0.05, 0.1) is 19.6 Å². The molecule has 0 aliphatic carbocycles. The zero-order chi connectivity index (χ0) is 23.1. The SMILES string of the molecule is COc1ccc(CCn2c(C)c(C)c3c2ncn2nc(-c4ccc(F)cc4)nc32)cc1OC. The van der Waals surface area contributed by atoms with E-state index in [-0.39, 0.29) is 5.82 Å². The molecular weight excluding hydrogens is 421 g/mol. The zero-order valence-electron chi connectivity index (χ0n) is 19.0. The molecule has 5 aromatic rings. The summed E-state index contributed by atoms with van der Waals surface area (Å²) in [5.41, 5.74) is 5.77. The molecule has 0 amide bonds. The van der Waals surface area contributed by atoms with Gasteiger partial charge in [-0.2, -0.15) is 0 Å². The van der Waals surface area contributed by atoms with Gasteiger partial charge in [0.25, 0.3) is 0 Å². The van der Waals surface area contributed by atoms with Gasteiger partial charge in [-0.25, -0.2) is 18.9 Å². The van der Waals surface area contributed by atoms with Gasteiger partial charge in [0.1, 0.15) is 17.8 Å². The molecule has 3 aromatic heterocycles. The van der Waals surface area contributed by atoms with Crippen molar-refractivity contribution >= 4 is 16.7 Å². The molecule has 0 aliphatic heterocycles. The molecule has 168 valence electrons. The van der Waals surface area contributed by atoms with E-state index in [1.165, 1.54) is 12.1 Å². The van der Waals surface area contributed by atoms with E-state index in [1.54, 1.807) is 37.2 Å². The Morgan fingerprint density at radius 1 is 0.939 bits per heavy atom. The van der Waals surface area contributed by atoms with Crippen molar-refractivity contribution in [2.24, 2.45) is 0 Å². The summed E-state index contributed by atoms with van der Waals surface area (Å²) in [7, 11) is 3.27. The molecule has 0 N–H and O–H groups in total. The molecule has 0 bridgehead atoms. The molecule has 0 fully saturated rings. The zero-order valence-corrected chi connectivity index (χ0v) is 19.0. The van der Waals surface area contributed by atoms with Crippen LogP contribution in [-0.4, -0.2) is 38.4 Å². The summed E-state index contributed by atoms with van der Waals surface area (Å²) < 4.78 is 28.0. The third-order valence-corrected chi connectivity index (χ3v) is 6.12. The fourth-order valence-electron chi connectivity index (χ4n) is 4.20. The van der Waals surface area contributed by atoms with Gasteiger partial charge >= 0.3 is 0 Å². The van der Waals surface area contributed by atoms with Crippen molar-refractivity contribution in [3.63, 3.8) is 0 Å². The summed E-state index contributed by atoms with van der Waals surface area (Å²) in [6.07, 6.45) is 2.49. The number of nitrogens with zero attached hydrogens (tertiary/aromatic N) is 5. The molecule has 5 rings (SSSR count). The number of hydrogen-bond acceptors (Lipinski definition) is 5. The summed E-state index contributed by atoms with van der Waals surface area (Å²) >= 11 is 0. The van der Waals surface area contributed by atoms with E-state index in [0.717, 1.165) is 57.8 Å². The molecule has 7 nitrogen and oxygen atoms in total. The van der Waals surface area contributed by atoms with Crippen LogP contribution in [0, 0.1) is 19.7 Å². The third-order valence-electron chi connectivity index (χ3n) is 6.12. The van der Waals surface area contributed by atoms with Crippen LogP contribution in [0.2, 0.25) is 0 Å².